The van der Waals surface area contributed by atoms with Gasteiger partial charge in [-0.1, -0.05) is 0 Å². The van der Waals surface area contributed by atoms with Crippen molar-refractivity contribution in [3.05, 3.63) is 0 Å². The quantitative estimate of drug-likeness (QED) is 0.426. The van der Waals surface area contributed by atoms with Gasteiger partial charge < -0.3 is 15.4 Å². The van der Waals surface area contributed by atoms with Crippen molar-refractivity contribution in [1.82, 2.24) is 10.6 Å². The largest absolute Gasteiger partial charge is 0.469 e. The van der Waals surface area contributed by atoms with Crippen LogP contribution in [0.5, 0.6) is 0 Å². The van der Waals surface area contributed by atoms with Gasteiger partial charge in [-0.05, 0) is 0 Å². The molecule has 76 valence electrons. The molecule has 13 heavy (non-hydrogen) atoms. The van der Waals surface area contributed by atoms with Gasteiger partial charge in [0.2, 0.25) is 5.91 Å². The van der Waals surface area contributed by atoms with Gasteiger partial charge in [-0.3, -0.25) is 9.59 Å². The molecule has 0 aliphatic rings. The monoisotopic (exact) mass is 188 g/mol. The summed E-state index contributed by atoms with van der Waals surface area (Å²) in [6.07, 6.45) is 0.358. The van der Waals surface area contributed by atoms with E-state index in [2.05, 4.69) is 15.4 Å². The van der Waals surface area contributed by atoms with Crippen LogP contribution in [0.3, 0.4) is 0 Å². The van der Waals surface area contributed by atoms with Crippen LogP contribution in [0.15, 0.2) is 0 Å². The van der Waals surface area contributed by atoms with E-state index < -0.39 is 0 Å². The number of esters is 1. The Morgan fingerprint density at radius 3 is 2.46 bits per heavy atom. The van der Waals surface area contributed by atoms with E-state index in [9.17, 15) is 9.59 Å². The van der Waals surface area contributed by atoms with Crippen LogP contribution >= 0.6 is 0 Å². The third-order valence-corrected chi connectivity index (χ3v) is 1.41. The second-order valence-corrected chi connectivity index (χ2v) is 2.56. The van der Waals surface area contributed by atoms with Gasteiger partial charge in [0, 0.05) is 26.6 Å². The number of hydrogen-bond acceptors (Lipinski definition) is 4. The van der Waals surface area contributed by atoms with Crippen molar-refractivity contribution >= 4 is 11.9 Å². The summed E-state index contributed by atoms with van der Waals surface area (Å²) in [5, 5.41) is 5.62. The molecule has 0 bridgehead atoms. The fourth-order valence-corrected chi connectivity index (χ4v) is 0.744. The molecule has 2 N–H and O–H groups in total. The van der Waals surface area contributed by atoms with Crippen LogP contribution in [0, 0.1) is 0 Å². The fourth-order valence-electron chi connectivity index (χ4n) is 0.744. The highest BCUT2D eigenvalue weighted by Crippen LogP contribution is 1.79. The minimum atomic E-state index is -0.230. The number of ether oxygens (including phenoxy) is 1. The number of carbonyl (C=O) groups is 2. The van der Waals surface area contributed by atoms with Crippen molar-refractivity contribution in [1.29, 1.82) is 0 Å². The van der Waals surface area contributed by atoms with Crippen LogP contribution in [0.4, 0.5) is 0 Å². The number of rotatable bonds is 6. The maximum Gasteiger partial charge on any atom is 0.306 e. The van der Waals surface area contributed by atoms with Gasteiger partial charge >= 0.3 is 5.97 Å². The Hall–Kier alpha value is -1.10. The Morgan fingerprint density at radius 2 is 1.92 bits per heavy atom. The van der Waals surface area contributed by atoms with Gasteiger partial charge in [-0.25, -0.2) is 0 Å². The minimum absolute atomic E-state index is 0.0465. The maximum absolute atomic E-state index is 10.6. The summed E-state index contributed by atoms with van der Waals surface area (Å²) in [7, 11) is 1.36. The molecule has 0 aliphatic heterocycles. The third-order valence-electron chi connectivity index (χ3n) is 1.41. The van der Waals surface area contributed by atoms with Gasteiger partial charge in [0.25, 0.3) is 0 Å². The van der Waals surface area contributed by atoms with E-state index in [0.29, 0.717) is 26.1 Å². The van der Waals surface area contributed by atoms with Crippen molar-refractivity contribution in [2.75, 3.05) is 26.7 Å². The molecule has 5 nitrogen and oxygen atoms in total. The zero-order valence-corrected chi connectivity index (χ0v) is 8.05. The summed E-state index contributed by atoms with van der Waals surface area (Å²) in [6, 6.07) is 0. The van der Waals surface area contributed by atoms with Crippen molar-refractivity contribution in [2.45, 2.75) is 13.3 Å². The van der Waals surface area contributed by atoms with E-state index in [1.807, 2.05) is 0 Å². The molecule has 5 heteroatoms. The van der Waals surface area contributed by atoms with Gasteiger partial charge in [0.1, 0.15) is 0 Å². The van der Waals surface area contributed by atoms with Crippen molar-refractivity contribution in [2.24, 2.45) is 0 Å². The van der Waals surface area contributed by atoms with E-state index in [-0.39, 0.29) is 11.9 Å². The maximum atomic E-state index is 10.6. The van der Waals surface area contributed by atoms with Crippen LogP contribution in [-0.4, -0.2) is 38.6 Å². The Bertz CT molecular complexity index is 171. The Kier molecular flexibility index (Phi) is 6.91. The lowest BCUT2D eigenvalue weighted by atomic mass is 10.4. The molecule has 0 aliphatic carbocycles. The fraction of sp³-hybridized carbons (Fsp3) is 0.750. The predicted octanol–water partition coefficient (Wildman–Crippen LogP) is -0.725. The topological polar surface area (TPSA) is 67.4 Å². The minimum Gasteiger partial charge on any atom is -0.469 e. The summed E-state index contributed by atoms with van der Waals surface area (Å²) in [4.78, 5) is 21.0. The Balaban J connectivity index is 3.08. The highest BCUT2D eigenvalue weighted by Gasteiger charge is 1.97. The first-order valence-electron chi connectivity index (χ1n) is 4.18. The molecule has 0 aromatic heterocycles. The predicted molar refractivity (Wildman–Crippen MR) is 48.2 cm³/mol. The molecular weight excluding hydrogens is 172 g/mol. The average Bonchev–Trinajstić information content (AvgIpc) is 2.10. The lowest BCUT2D eigenvalue weighted by Gasteiger charge is -2.03. The molecule has 0 unspecified atom stereocenters. The van der Waals surface area contributed by atoms with Gasteiger partial charge in [0.05, 0.1) is 13.5 Å². The van der Waals surface area contributed by atoms with Crippen LogP contribution in [0.25, 0.3) is 0 Å². The second kappa shape index (κ2) is 7.54. The standard InChI is InChI=1S/C8H16N2O3/c1-7(11)10-6-5-9-4-3-8(12)13-2/h9H,3-6H2,1-2H3,(H,10,11). The zero-order chi connectivity index (χ0) is 10.1. The first-order chi connectivity index (χ1) is 6.16. The number of hydrogen-bond donors (Lipinski definition) is 2. The van der Waals surface area contributed by atoms with E-state index in [0.717, 1.165) is 0 Å². The van der Waals surface area contributed by atoms with Gasteiger partial charge in [-0.15, -0.1) is 0 Å². The molecule has 1 amide bonds. The zero-order valence-electron chi connectivity index (χ0n) is 8.05. The van der Waals surface area contributed by atoms with Crippen molar-refractivity contribution < 1.29 is 14.3 Å². The molecule has 0 heterocycles. The van der Waals surface area contributed by atoms with E-state index in [4.69, 9.17) is 0 Å². The Labute approximate surface area is 77.8 Å². The molecule has 0 saturated carbocycles. The summed E-state index contributed by atoms with van der Waals surface area (Å²) in [6.45, 7) is 3.29. The number of carbonyl (C=O) groups excluding carboxylic acids is 2. The average molecular weight is 188 g/mol. The summed E-state index contributed by atoms with van der Waals surface area (Å²) in [5.41, 5.74) is 0. The molecule has 0 fully saturated rings. The molecule has 0 spiro atoms. The summed E-state index contributed by atoms with van der Waals surface area (Å²) in [5.74, 6) is -0.276. The van der Waals surface area contributed by atoms with E-state index in [1.54, 1.807) is 0 Å². The first-order valence-corrected chi connectivity index (χ1v) is 4.18. The molecular formula is C8H16N2O3. The van der Waals surface area contributed by atoms with Gasteiger partial charge in [-0.2, -0.15) is 0 Å². The molecule has 0 saturated heterocycles. The molecule has 0 atom stereocenters. The van der Waals surface area contributed by atoms with Crippen LogP contribution in [-0.2, 0) is 14.3 Å². The Morgan fingerprint density at radius 1 is 1.23 bits per heavy atom. The van der Waals surface area contributed by atoms with E-state index in [1.165, 1.54) is 14.0 Å². The summed E-state index contributed by atoms with van der Waals surface area (Å²) >= 11 is 0. The highest BCUT2D eigenvalue weighted by molar-refractivity contribution is 5.72. The lowest BCUT2D eigenvalue weighted by molar-refractivity contribution is -0.140. The van der Waals surface area contributed by atoms with Crippen LogP contribution in [0.2, 0.25) is 0 Å². The smallest absolute Gasteiger partial charge is 0.306 e. The van der Waals surface area contributed by atoms with Crippen LogP contribution < -0.4 is 10.6 Å². The number of methoxy groups -OCH3 is 1. The van der Waals surface area contributed by atoms with Crippen molar-refractivity contribution in [3.63, 3.8) is 0 Å². The van der Waals surface area contributed by atoms with Crippen LogP contribution in [0.1, 0.15) is 13.3 Å². The van der Waals surface area contributed by atoms with Crippen molar-refractivity contribution in [3.8, 4) is 0 Å². The second-order valence-electron chi connectivity index (χ2n) is 2.56. The van der Waals surface area contributed by atoms with E-state index >= 15 is 0 Å². The molecule has 0 radical (unpaired) electrons. The number of amides is 1. The highest BCUT2D eigenvalue weighted by atomic mass is 16.5. The molecule has 0 aromatic rings. The summed E-state index contributed by atoms with van der Waals surface area (Å²) < 4.78 is 4.45. The SMILES string of the molecule is COC(=O)CCNCCNC(C)=O. The normalized spacial score (nSPS) is 9.38. The lowest BCUT2D eigenvalue weighted by Crippen LogP contribution is -2.31. The third kappa shape index (κ3) is 8.81. The number of nitrogens with one attached hydrogen (secondary N) is 2. The van der Waals surface area contributed by atoms with Gasteiger partial charge in [0.15, 0.2) is 0 Å². The molecule has 0 rings (SSSR count). The molecule has 0 aromatic carbocycles. The first kappa shape index (κ1) is 11.9.